The van der Waals surface area contributed by atoms with E-state index in [9.17, 15) is 4.79 Å². The standard InChI is InChI=1S/C17H19ClN2O/c1-11-5-7-15(14(18)8-11)20-17(21)10-19-16-9-12(2)4-6-13(16)3/h4-9,19H,10H2,1-3H3,(H,20,21). The second kappa shape index (κ2) is 6.64. The van der Waals surface area contributed by atoms with Crippen molar-refractivity contribution in [1.29, 1.82) is 0 Å². The second-order valence-corrected chi connectivity index (χ2v) is 5.61. The first-order chi connectivity index (χ1) is 9.95. The number of benzene rings is 2. The third-order valence-corrected chi connectivity index (χ3v) is 3.54. The molecule has 0 spiro atoms. The molecule has 0 saturated carbocycles. The van der Waals surface area contributed by atoms with Crippen LogP contribution in [-0.4, -0.2) is 12.5 Å². The predicted octanol–water partition coefficient (Wildman–Crippen LogP) is 4.32. The van der Waals surface area contributed by atoms with Crippen molar-refractivity contribution in [3.05, 3.63) is 58.1 Å². The number of hydrogen-bond acceptors (Lipinski definition) is 2. The number of carbonyl (C=O) groups excluding carboxylic acids is 1. The molecule has 0 radical (unpaired) electrons. The van der Waals surface area contributed by atoms with E-state index < -0.39 is 0 Å². The van der Waals surface area contributed by atoms with E-state index in [1.807, 2.05) is 57.2 Å². The van der Waals surface area contributed by atoms with Crippen molar-refractivity contribution < 1.29 is 4.79 Å². The molecule has 2 aromatic rings. The van der Waals surface area contributed by atoms with Crippen LogP contribution in [0.5, 0.6) is 0 Å². The Morgan fingerprint density at radius 2 is 1.67 bits per heavy atom. The first-order valence-electron chi connectivity index (χ1n) is 6.83. The van der Waals surface area contributed by atoms with E-state index in [4.69, 9.17) is 11.6 Å². The molecule has 0 heterocycles. The van der Waals surface area contributed by atoms with Crippen molar-refractivity contribution in [2.45, 2.75) is 20.8 Å². The molecule has 0 aliphatic carbocycles. The number of aryl methyl sites for hydroxylation is 3. The molecule has 4 heteroatoms. The first kappa shape index (κ1) is 15.4. The fourth-order valence-corrected chi connectivity index (χ4v) is 2.30. The van der Waals surface area contributed by atoms with Crippen molar-refractivity contribution in [3.8, 4) is 0 Å². The smallest absolute Gasteiger partial charge is 0.243 e. The highest BCUT2D eigenvalue weighted by Crippen LogP contribution is 2.22. The van der Waals surface area contributed by atoms with Gasteiger partial charge in [-0.3, -0.25) is 4.79 Å². The lowest BCUT2D eigenvalue weighted by molar-refractivity contribution is -0.114. The van der Waals surface area contributed by atoms with Gasteiger partial charge in [0.15, 0.2) is 0 Å². The molecule has 0 aromatic heterocycles. The van der Waals surface area contributed by atoms with Gasteiger partial charge < -0.3 is 10.6 Å². The van der Waals surface area contributed by atoms with E-state index in [-0.39, 0.29) is 12.5 Å². The van der Waals surface area contributed by atoms with Gasteiger partial charge in [0, 0.05) is 5.69 Å². The van der Waals surface area contributed by atoms with Gasteiger partial charge in [0.1, 0.15) is 0 Å². The average Bonchev–Trinajstić information content (AvgIpc) is 2.43. The average molecular weight is 303 g/mol. The minimum absolute atomic E-state index is 0.123. The zero-order valence-electron chi connectivity index (χ0n) is 12.5. The van der Waals surface area contributed by atoms with Crippen molar-refractivity contribution in [2.24, 2.45) is 0 Å². The number of amides is 1. The van der Waals surface area contributed by atoms with E-state index >= 15 is 0 Å². The van der Waals surface area contributed by atoms with E-state index in [0.29, 0.717) is 10.7 Å². The van der Waals surface area contributed by atoms with Gasteiger partial charge in [-0.25, -0.2) is 0 Å². The van der Waals surface area contributed by atoms with Crippen LogP contribution in [0.2, 0.25) is 5.02 Å². The summed E-state index contributed by atoms with van der Waals surface area (Å²) in [6.07, 6.45) is 0. The topological polar surface area (TPSA) is 41.1 Å². The summed E-state index contributed by atoms with van der Waals surface area (Å²) >= 11 is 6.10. The molecule has 0 saturated heterocycles. The summed E-state index contributed by atoms with van der Waals surface area (Å²) in [4.78, 5) is 12.0. The quantitative estimate of drug-likeness (QED) is 0.883. The molecule has 0 atom stereocenters. The summed E-state index contributed by atoms with van der Waals surface area (Å²) < 4.78 is 0. The molecule has 2 N–H and O–H groups in total. The fourth-order valence-electron chi connectivity index (χ4n) is 2.02. The Kier molecular flexibility index (Phi) is 4.86. The highest BCUT2D eigenvalue weighted by Gasteiger charge is 2.07. The second-order valence-electron chi connectivity index (χ2n) is 5.20. The van der Waals surface area contributed by atoms with Crippen LogP contribution >= 0.6 is 11.6 Å². The third-order valence-electron chi connectivity index (χ3n) is 3.23. The Labute approximate surface area is 130 Å². The van der Waals surface area contributed by atoms with Crippen molar-refractivity contribution in [3.63, 3.8) is 0 Å². The monoisotopic (exact) mass is 302 g/mol. The minimum atomic E-state index is -0.123. The Balaban J connectivity index is 1.97. The summed E-state index contributed by atoms with van der Waals surface area (Å²) in [5, 5.41) is 6.51. The van der Waals surface area contributed by atoms with Crippen LogP contribution in [-0.2, 0) is 4.79 Å². The van der Waals surface area contributed by atoms with Crippen LogP contribution in [0.1, 0.15) is 16.7 Å². The summed E-state index contributed by atoms with van der Waals surface area (Å²) in [6.45, 7) is 6.20. The normalized spacial score (nSPS) is 10.3. The summed E-state index contributed by atoms with van der Waals surface area (Å²) in [5.74, 6) is -0.123. The molecule has 0 aliphatic rings. The summed E-state index contributed by atoms with van der Waals surface area (Å²) in [7, 11) is 0. The zero-order chi connectivity index (χ0) is 15.4. The van der Waals surface area contributed by atoms with Crippen LogP contribution in [0.15, 0.2) is 36.4 Å². The number of hydrogen-bond donors (Lipinski definition) is 2. The van der Waals surface area contributed by atoms with Gasteiger partial charge in [-0.15, -0.1) is 0 Å². The molecule has 110 valence electrons. The molecule has 3 nitrogen and oxygen atoms in total. The fraction of sp³-hybridized carbons (Fsp3) is 0.235. The highest BCUT2D eigenvalue weighted by molar-refractivity contribution is 6.33. The lowest BCUT2D eigenvalue weighted by Gasteiger charge is -2.11. The molecule has 1 amide bonds. The van der Waals surface area contributed by atoms with Crippen LogP contribution in [0.25, 0.3) is 0 Å². The summed E-state index contributed by atoms with van der Waals surface area (Å²) in [6, 6.07) is 11.7. The number of anilines is 2. The molecule has 0 unspecified atom stereocenters. The molecule has 2 rings (SSSR count). The lowest BCUT2D eigenvalue weighted by atomic mass is 10.1. The largest absolute Gasteiger partial charge is 0.376 e. The van der Waals surface area contributed by atoms with Crippen LogP contribution < -0.4 is 10.6 Å². The van der Waals surface area contributed by atoms with Crippen molar-refractivity contribution in [1.82, 2.24) is 0 Å². The predicted molar refractivity (Wildman–Crippen MR) is 89.2 cm³/mol. The highest BCUT2D eigenvalue weighted by atomic mass is 35.5. The van der Waals surface area contributed by atoms with Crippen molar-refractivity contribution >= 4 is 28.9 Å². The third kappa shape index (κ3) is 4.23. The molecular weight excluding hydrogens is 284 g/mol. The van der Waals surface area contributed by atoms with Gasteiger partial charge in [0.2, 0.25) is 5.91 Å². The molecule has 0 fully saturated rings. The Morgan fingerprint density at radius 1 is 1.00 bits per heavy atom. The van der Waals surface area contributed by atoms with Crippen LogP contribution in [0.3, 0.4) is 0 Å². The zero-order valence-corrected chi connectivity index (χ0v) is 13.2. The number of rotatable bonds is 4. The number of carbonyl (C=O) groups is 1. The Morgan fingerprint density at radius 3 is 2.38 bits per heavy atom. The number of nitrogens with one attached hydrogen (secondary N) is 2. The SMILES string of the molecule is Cc1ccc(NC(=O)CNc2cc(C)ccc2C)c(Cl)c1. The van der Waals surface area contributed by atoms with Gasteiger partial charge in [-0.2, -0.15) is 0 Å². The van der Waals surface area contributed by atoms with E-state index in [1.165, 1.54) is 0 Å². The van der Waals surface area contributed by atoms with Crippen LogP contribution in [0, 0.1) is 20.8 Å². The van der Waals surface area contributed by atoms with Gasteiger partial charge in [0.05, 0.1) is 17.3 Å². The van der Waals surface area contributed by atoms with Crippen LogP contribution in [0.4, 0.5) is 11.4 Å². The van der Waals surface area contributed by atoms with E-state index in [0.717, 1.165) is 22.4 Å². The maximum absolute atomic E-state index is 12.0. The number of halogens is 1. The maximum Gasteiger partial charge on any atom is 0.243 e. The first-order valence-corrected chi connectivity index (χ1v) is 7.20. The van der Waals surface area contributed by atoms with Gasteiger partial charge in [-0.1, -0.05) is 29.8 Å². The van der Waals surface area contributed by atoms with E-state index in [1.54, 1.807) is 0 Å². The maximum atomic E-state index is 12.0. The molecular formula is C17H19ClN2O. The Hall–Kier alpha value is -2.00. The summed E-state index contributed by atoms with van der Waals surface area (Å²) in [5.41, 5.74) is 4.94. The van der Waals surface area contributed by atoms with E-state index in [2.05, 4.69) is 10.6 Å². The van der Waals surface area contributed by atoms with Gasteiger partial charge >= 0.3 is 0 Å². The van der Waals surface area contributed by atoms with Crippen molar-refractivity contribution in [2.75, 3.05) is 17.2 Å². The molecule has 0 aliphatic heterocycles. The molecule has 21 heavy (non-hydrogen) atoms. The van der Waals surface area contributed by atoms with Gasteiger partial charge in [0.25, 0.3) is 0 Å². The molecule has 2 aromatic carbocycles. The lowest BCUT2D eigenvalue weighted by Crippen LogP contribution is -2.22. The van der Waals surface area contributed by atoms with Gasteiger partial charge in [-0.05, 0) is 55.7 Å². The Bertz CT molecular complexity index is 668. The molecule has 0 bridgehead atoms. The minimum Gasteiger partial charge on any atom is -0.376 e.